The van der Waals surface area contributed by atoms with Gasteiger partial charge >= 0.3 is 0 Å². The van der Waals surface area contributed by atoms with Crippen molar-refractivity contribution in [3.05, 3.63) is 41.1 Å². The number of carbonyl (C=O) groups is 1. The molecule has 1 unspecified atom stereocenters. The first-order valence-corrected chi connectivity index (χ1v) is 7.48. The summed E-state index contributed by atoms with van der Waals surface area (Å²) in [4.78, 5) is 12.3. The van der Waals surface area contributed by atoms with Crippen LogP contribution in [0.1, 0.15) is 40.3 Å². The average molecular weight is 303 g/mol. The molecule has 1 aliphatic heterocycles. The number of hydrogen-bond donors (Lipinski definition) is 1. The van der Waals surface area contributed by atoms with Crippen LogP contribution >= 0.6 is 0 Å². The first-order valence-electron chi connectivity index (χ1n) is 7.48. The highest BCUT2D eigenvalue weighted by Crippen LogP contribution is 2.35. The maximum absolute atomic E-state index is 12.3. The summed E-state index contributed by atoms with van der Waals surface area (Å²) in [6, 6.07) is 1.76. The lowest BCUT2D eigenvalue weighted by Crippen LogP contribution is -2.40. The second kappa shape index (κ2) is 5.61. The molecule has 1 N–H and O–H groups in total. The summed E-state index contributed by atoms with van der Waals surface area (Å²) in [6.45, 7) is 4.89. The van der Waals surface area contributed by atoms with Crippen molar-refractivity contribution in [3.8, 4) is 0 Å². The van der Waals surface area contributed by atoms with Gasteiger partial charge in [-0.25, -0.2) is 0 Å². The molecular weight excluding hydrogens is 282 g/mol. The summed E-state index contributed by atoms with van der Waals surface area (Å²) in [5, 5.41) is 7.15. The van der Waals surface area contributed by atoms with E-state index < -0.39 is 5.60 Å². The van der Waals surface area contributed by atoms with E-state index in [1.54, 1.807) is 16.9 Å². The number of hydrogen-bond acceptors (Lipinski definition) is 4. The number of ether oxygens (including phenoxy) is 1. The van der Waals surface area contributed by atoms with Gasteiger partial charge in [0.05, 0.1) is 12.7 Å². The summed E-state index contributed by atoms with van der Waals surface area (Å²) >= 11 is 0. The van der Waals surface area contributed by atoms with E-state index in [1.165, 1.54) is 0 Å². The number of nitrogens with zero attached hydrogens (tertiary/aromatic N) is 2. The van der Waals surface area contributed by atoms with Crippen LogP contribution in [0.4, 0.5) is 0 Å². The van der Waals surface area contributed by atoms with Crippen LogP contribution < -0.4 is 5.32 Å². The summed E-state index contributed by atoms with van der Waals surface area (Å²) < 4.78 is 13.2. The van der Waals surface area contributed by atoms with Gasteiger partial charge in [0.15, 0.2) is 5.76 Å². The lowest BCUT2D eigenvalue weighted by Gasteiger charge is -2.27. The Morgan fingerprint density at radius 1 is 1.50 bits per heavy atom. The summed E-state index contributed by atoms with van der Waals surface area (Å²) in [5.41, 5.74) is 1.49. The molecule has 3 heterocycles. The van der Waals surface area contributed by atoms with Crippen molar-refractivity contribution >= 4 is 5.91 Å². The van der Waals surface area contributed by atoms with Crippen LogP contribution in [-0.4, -0.2) is 28.8 Å². The number of rotatable bonds is 4. The lowest BCUT2D eigenvalue weighted by atomic mass is 9.93. The molecule has 2 aromatic rings. The van der Waals surface area contributed by atoms with Crippen LogP contribution in [-0.2, 0) is 17.4 Å². The Morgan fingerprint density at radius 2 is 2.32 bits per heavy atom. The number of aryl methyl sites for hydroxylation is 3. The van der Waals surface area contributed by atoms with Crippen LogP contribution in [0.5, 0.6) is 0 Å². The SMILES string of the molecule is Cc1cc(C(=O)NCC2(c3cnn(C)c3)CCCO2)oc1C. The van der Waals surface area contributed by atoms with Gasteiger partial charge in [-0.15, -0.1) is 0 Å². The van der Waals surface area contributed by atoms with Gasteiger partial charge in [0.1, 0.15) is 11.4 Å². The van der Waals surface area contributed by atoms with E-state index in [4.69, 9.17) is 9.15 Å². The zero-order valence-electron chi connectivity index (χ0n) is 13.2. The van der Waals surface area contributed by atoms with Crippen molar-refractivity contribution in [2.45, 2.75) is 32.3 Å². The van der Waals surface area contributed by atoms with Gasteiger partial charge in [0, 0.05) is 25.4 Å². The van der Waals surface area contributed by atoms with Gasteiger partial charge in [0.2, 0.25) is 0 Å². The van der Waals surface area contributed by atoms with Gasteiger partial charge in [0.25, 0.3) is 5.91 Å². The summed E-state index contributed by atoms with van der Waals surface area (Å²) in [7, 11) is 1.87. The molecule has 0 bridgehead atoms. The molecule has 0 aromatic carbocycles. The summed E-state index contributed by atoms with van der Waals surface area (Å²) in [6.07, 6.45) is 5.59. The van der Waals surface area contributed by atoms with Crippen LogP contribution in [0.3, 0.4) is 0 Å². The highest BCUT2D eigenvalue weighted by Gasteiger charge is 2.38. The fourth-order valence-electron chi connectivity index (χ4n) is 2.82. The van der Waals surface area contributed by atoms with Crippen molar-refractivity contribution in [3.63, 3.8) is 0 Å². The van der Waals surface area contributed by atoms with Gasteiger partial charge in [-0.2, -0.15) is 5.10 Å². The number of furan rings is 1. The summed E-state index contributed by atoms with van der Waals surface area (Å²) in [5.74, 6) is 0.897. The molecule has 6 heteroatoms. The molecule has 0 aliphatic carbocycles. The van der Waals surface area contributed by atoms with Gasteiger partial charge in [-0.3, -0.25) is 9.48 Å². The van der Waals surface area contributed by atoms with Gasteiger partial charge < -0.3 is 14.5 Å². The van der Waals surface area contributed by atoms with Crippen molar-refractivity contribution in [2.75, 3.05) is 13.2 Å². The maximum Gasteiger partial charge on any atom is 0.287 e. The Labute approximate surface area is 129 Å². The molecule has 118 valence electrons. The number of amides is 1. The Bertz CT molecular complexity index is 661. The van der Waals surface area contributed by atoms with Crippen LogP contribution in [0, 0.1) is 13.8 Å². The molecule has 1 aliphatic rings. The van der Waals surface area contributed by atoms with Crippen molar-refractivity contribution in [1.82, 2.24) is 15.1 Å². The molecule has 22 heavy (non-hydrogen) atoms. The second-order valence-corrected chi connectivity index (χ2v) is 5.88. The normalized spacial score (nSPS) is 21.2. The minimum atomic E-state index is -0.486. The van der Waals surface area contributed by atoms with Crippen LogP contribution in [0.15, 0.2) is 22.9 Å². The van der Waals surface area contributed by atoms with Gasteiger partial charge in [-0.05, 0) is 38.3 Å². The predicted octanol–water partition coefficient (Wildman–Crippen LogP) is 2.07. The third kappa shape index (κ3) is 2.66. The molecule has 0 radical (unpaired) electrons. The number of aromatic nitrogens is 2. The number of nitrogens with one attached hydrogen (secondary N) is 1. The molecule has 0 spiro atoms. The van der Waals surface area contributed by atoms with E-state index >= 15 is 0 Å². The minimum absolute atomic E-state index is 0.213. The zero-order chi connectivity index (χ0) is 15.7. The first-order chi connectivity index (χ1) is 10.5. The predicted molar refractivity (Wildman–Crippen MR) is 80.6 cm³/mol. The smallest absolute Gasteiger partial charge is 0.287 e. The first kappa shape index (κ1) is 14.8. The average Bonchev–Trinajstić information content (AvgIpc) is 3.19. The standard InChI is InChI=1S/C16H21N3O3/c1-11-7-14(22-12(11)2)15(20)17-10-16(5-4-6-21-16)13-8-18-19(3)9-13/h7-9H,4-6,10H2,1-3H3,(H,17,20). The monoisotopic (exact) mass is 303 g/mol. The fraction of sp³-hybridized carbons (Fsp3) is 0.500. The highest BCUT2D eigenvalue weighted by molar-refractivity contribution is 5.91. The molecule has 1 amide bonds. The van der Waals surface area contributed by atoms with Crippen molar-refractivity contribution < 1.29 is 13.9 Å². The van der Waals surface area contributed by atoms with Gasteiger partial charge in [-0.1, -0.05) is 0 Å². The van der Waals surface area contributed by atoms with E-state index in [9.17, 15) is 4.79 Å². The molecule has 1 fully saturated rings. The van der Waals surface area contributed by atoms with E-state index in [-0.39, 0.29) is 5.91 Å². The maximum atomic E-state index is 12.3. The Hall–Kier alpha value is -2.08. The largest absolute Gasteiger partial charge is 0.456 e. The van der Waals surface area contributed by atoms with E-state index in [2.05, 4.69) is 10.4 Å². The van der Waals surface area contributed by atoms with E-state index in [0.717, 1.165) is 29.7 Å². The zero-order valence-corrected chi connectivity index (χ0v) is 13.2. The highest BCUT2D eigenvalue weighted by atomic mass is 16.5. The third-order valence-corrected chi connectivity index (χ3v) is 4.26. The Balaban J connectivity index is 1.74. The number of carbonyl (C=O) groups excluding carboxylic acids is 1. The molecule has 1 atom stereocenters. The second-order valence-electron chi connectivity index (χ2n) is 5.88. The molecule has 1 saturated heterocycles. The molecule has 0 saturated carbocycles. The lowest BCUT2D eigenvalue weighted by molar-refractivity contribution is 0.00109. The van der Waals surface area contributed by atoms with E-state index in [1.807, 2.05) is 27.1 Å². The minimum Gasteiger partial charge on any atom is -0.456 e. The van der Waals surface area contributed by atoms with E-state index in [0.29, 0.717) is 18.9 Å². The third-order valence-electron chi connectivity index (χ3n) is 4.26. The topological polar surface area (TPSA) is 69.3 Å². The van der Waals surface area contributed by atoms with Crippen LogP contribution in [0.2, 0.25) is 0 Å². The van der Waals surface area contributed by atoms with Crippen molar-refractivity contribution in [1.29, 1.82) is 0 Å². The molecule has 3 rings (SSSR count). The quantitative estimate of drug-likeness (QED) is 0.938. The molecule has 6 nitrogen and oxygen atoms in total. The molecule has 2 aromatic heterocycles. The molecular formula is C16H21N3O3. The Morgan fingerprint density at radius 3 is 2.86 bits per heavy atom. The van der Waals surface area contributed by atoms with Crippen LogP contribution in [0.25, 0.3) is 0 Å². The fourth-order valence-corrected chi connectivity index (χ4v) is 2.82. The van der Waals surface area contributed by atoms with Crippen molar-refractivity contribution in [2.24, 2.45) is 7.05 Å². The Kier molecular flexibility index (Phi) is 3.78.